The van der Waals surface area contributed by atoms with Crippen molar-refractivity contribution in [3.8, 4) is 0 Å². The van der Waals surface area contributed by atoms with E-state index in [1.54, 1.807) is 26.0 Å². The van der Waals surface area contributed by atoms with Crippen molar-refractivity contribution in [3.05, 3.63) is 35.4 Å². The Balaban J connectivity index is 2.26. The maximum absolute atomic E-state index is 13.2. The highest BCUT2D eigenvalue weighted by molar-refractivity contribution is 7.92. The molecule has 168 valence electrons. The fourth-order valence-corrected chi connectivity index (χ4v) is 5.45. The predicted molar refractivity (Wildman–Crippen MR) is 118 cm³/mol. The first-order valence-corrected chi connectivity index (χ1v) is 12.2. The van der Waals surface area contributed by atoms with Crippen molar-refractivity contribution < 1.29 is 22.7 Å². The van der Waals surface area contributed by atoms with Crippen LogP contribution in [0.1, 0.15) is 66.0 Å². The molecule has 0 spiro atoms. The van der Waals surface area contributed by atoms with Crippen molar-refractivity contribution in [2.45, 2.75) is 82.9 Å². The van der Waals surface area contributed by atoms with Crippen LogP contribution in [0.2, 0.25) is 0 Å². The van der Waals surface area contributed by atoms with Gasteiger partial charge in [0, 0.05) is 0 Å². The Hall–Kier alpha value is -1.73. The van der Waals surface area contributed by atoms with Gasteiger partial charge in [-0.1, -0.05) is 58.9 Å². The molecular weight excluding hydrogens is 402 g/mol. The smallest absolute Gasteiger partial charge is 0.239 e. The summed E-state index contributed by atoms with van der Waals surface area (Å²) < 4.78 is 31.8. The number of rotatable bonds is 7. The highest BCUT2D eigenvalue weighted by Crippen LogP contribution is 2.26. The van der Waals surface area contributed by atoms with Crippen LogP contribution in [0.4, 0.5) is 0 Å². The average Bonchev–Trinajstić information content (AvgIpc) is 2.86. The number of nitrogens with one attached hydrogen (secondary N) is 1. The van der Waals surface area contributed by atoms with E-state index in [9.17, 15) is 18.0 Å². The second kappa shape index (κ2) is 8.79. The van der Waals surface area contributed by atoms with E-state index in [1.165, 1.54) is 0 Å². The second-order valence-corrected chi connectivity index (χ2v) is 12.1. The molecule has 1 amide bonds. The lowest BCUT2D eigenvalue weighted by Gasteiger charge is -2.30. The molecule has 6 nitrogen and oxygen atoms in total. The van der Waals surface area contributed by atoms with Gasteiger partial charge in [-0.15, -0.1) is 0 Å². The molecule has 1 aromatic rings. The van der Waals surface area contributed by atoms with Gasteiger partial charge in [0.25, 0.3) is 0 Å². The molecule has 7 heteroatoms. The lowest BCUT2D eigenvalue weighted by molar-refractivity contribution is -0.129. The van der Waals surface area contributed by atoms with Crippen LogP contribution in [0.3, 0.4) is 0 Å². The Bertz CT molecular complexity index is 883. The van der Waals surface area contributed by atoms with Gasteiger partial charge in [0.05, 0.1) is 11.9 Å². The van der Waals surface area contributed by atoms with Crippen LogP contribution in [-0.4, -0.2) is 43.6 Å². The standard InChI is InChI=1S/C23H35NO5S/c1-15(2)12-19(21(26)24-23(7)16(3)29-13-20(23)25)30(27,28)14-17-8-10-18(11-9-17)22(4,5)6/h8-11,15-16,19H,12-14H2,1-7H3,(H,24,26). The number of ketones is 1. The zero-order valence-electron chi connectivity index (χ0n) is 19.1. The third-order valence-corrected chi connectivity index (χ3v) is 7.85. The van der Waals surface area contributed by atoms with Gasteiger partial charge in [-0.3, -0.25) is 9.59 Å². The molecule has 0 aromatic heterocycles. The van der Waals surface area contributed by atoms with Crippen LogP contribution in [-0.2, 0) is 35.3 Å². The molecule has 2 rings (SSSR count). The number of Topliss-reactive ketones (excluding diaryl/α,β-unsaturated/α-hetero) is 1. The van der Waals surface area contributed by atoms with Gasteiger partial charge in [0.1, 0.15) is 17.4 Å². The third-order valence-electron chi connectivity index (χ3n) is 5.84. The van der Waals surface area contributed by atoms with Gasteiger partial charge in [-0.05, 0) is 42.7 Å². The van der Waals surface area contributed by atoms with Crippen LogP contribution in [0.15, 0.2) is 24.3 Å². The Morgan fingerprint density at radius 3 is 2.23 bits per heavy atom. The fraction of sp³-hybridized carbons (Fsp3) is 0.652. The number of hydrogen-bond donors (Lipinski definition) is 1. The van der Waals surface area contributed by atoms with Crippen LogP contribution in [0.25, 0.3) is 0 Å². The quantitative estimate of drug-likeness (QED) is 0.708. The van der Waals surface area contributed by atoms with Gasteiger partial charge in [-0.2, -0.15) is 0 Å². The molecule has 0 bridgehead atoms. The summed E-state index contributed by atoms with van der Waals surface area (Å²) in [6, 6.07) is 7.47. The van der Waals surface area contributed by atoms with Crippen LogP contribution < -0.4 is 5.32 Å². The largest absolute Gasteiger partial charge is 0.368 e. The molecule has 1 saturated heterocycles. The minimum absolute atomic E-state index is 0.000416. The first-order chi connectivity index (χ1) is 13.7. The Morgan fingerprint density at radius 2 is 1.80 bits per heavy atom. The van der Waals surface area contributed by atoms with E-state index < -0.39 is 32.6 Å². The maximum atomic E-state index is 13.2. The summed E-state index contributed by atoms with van der Waals surface area (Å²) >= 11 is 0. The molecule has 3 atom stereocenters. The van der Waals surface area contributed by atoms with Gasteiger partial charge in [0.15, 0.2) is 15.6 Å². The second-order valence-electron chi connectivity index (χ2n) is 9.94. The number of hydrogen-bond acceptors (Lipinski definition) is 5. The number of carbonyl (C=O) groups is 2. The average molecular weight is 438 g/mol. The predicted octanol–water partition coefficient (Wildman–Crippen LogP) is 3.18. The van der Waals surface area contributed by atoms with Gasteiger partial charge < -0.3 is 10.1 Å². The Labute approximate surface area is 180 Å². The van der Waals surface area contributed by atoms with Gasteiger partial charge >= 0.3 is 0 Å². The molecule has 1 aliphatic heterocycles. The normalized spacial score (nSPS) is 23.6. The number of benzene rings is 1. The monoisotopic (exact) mass is 437 g/mol. The first-order valence-electron chi connectivity index (χ1n) is 10.4. The summed E-state index contributed by atoms with van der Waals surface area (Å²) in [5.74, 6) is -1.11. The Morgan fingerprint density at radius 1 is 1.23 bits per heavy atom. The first kappa shape index (κ1) is 24.5. The lowest BCUT2D eigenvalue weighted by Crippen LogP contribution is -2.58. The number of amides is 1. The van der Waals surface area contributed by atoms with Crippen molar-refractivity contribution in [2.24, 2.45) is 5.92 Å². The number of sulfone groups is 1. The molecule has 0 aliphatic carbocycles. The summed E-state index contributed by atoms with van der Waals surface area (Å²) in [7, 11) is -3.79. The van der Waals surface area contributed by atoms with E-state index in [-0.39, 0.29) is 35.9 Å². The number of ether oxygens (including phenoxy) is 1. The van der Waals surface area contributed by atoms with E-state index in [4.69, 9.17) is 4.74 Å². The molecular formula is C23H35NO5S. The minimum Gasteiger partial charge on any atom is -0.368 e. The molecule has 1 aliphatic rings. The topological polar surface area (TPSA) is 89.5 Å². The van der Waals surface area contributed by atoms with E-state index in [2.05, 4.69) is 26.1 Å². The van der Waals surface area contributed by atoms with Crippen molar-refractivity contribution in [1.82, 2.24) is 5.32 Å². The van der Waals surface area contributed by atoms with Crippen molar-refractivity contribution in [1.29, 1.82) is 0 Å². The number of carbonyl (C=O) groups excluding carboxylic acids is 2. The van der Waals surface area contributed by atoms with Gasteiger partial charge in [0.2, 0.25) is 5.91 Å². The highest BCUT2D eigenvalue weighted by Gasteiger charge is 2.48. The molecule has 1 aromatic carbocycles. The fourth-order valence-electron chi connectivity index (χ4n) is 3.53. The summed E-state index contributed by atoms with van der Waals surface area (Å²) in [4.78, 5) is 25.3. The minimum atomic E-state index is -3.79. The molecule has 3 unspecified atom stereocenters. The van der Waals surface area contributed by atoms with Crippen molar-refractivity contribution in [2.75, 3.05) is 6.61 Å². The molecule has 1 fully saturated rings. The Kier molecular flexibility index (Phi) is 7.19. The van der Waals surface area contributed by atoms with Crippen molar-refractivity contribution in [3.63, 3.8) is 0 Å². The summed E-state index contributed by atoms with van der Waals surface area (Å²) in [6.07, 6.45) is -0.324. The van der Waals surface area contributed by atoms with Gasteiger partial charge in [-0.25, -0.2) is 8.42 Å². The van der Waals surface area contributed by atoms with E-state index in [0.717, 1.165) is 5.56 Å². The molecule has 30 heavy (non-hydrogen) atoms. The van der Waals surface area contributed by atoms with E-state index >= 15 is 0 Å². The molecule has 0 radical (unpaired) electrons. The highest BCUT2D eigenvalue weighted by atomic mass is 32.2. The third kappa shape index (κ3) is 5.49. The van der Waals surface area contributed by atoms with E-state index in [1.807, 2.05) is 26.0 Å². The maximum Gasteiger partial charge on any atom is 0.239 e. The summed E-state index contributed by atoms with van der Waals surface area (Å²) in [5, 5.41) is 1.46. The summed E-state index contributed by atoms with van der Waals surface area (Å²) in [6.45, 7) is 13.2. The zero-order chi connectivity index (χ0) is 22.9. The SMILES string of the molecule is CC(C)CC(C(=O)NC1(C)C(=O)COC1C)S(=O)(=O)Cc1ccc(C(C)(C)C)cc1. The molecule has 1 heterocycles. The van der Waals surface area contributed by atoms with Crippen LogP contribution in [0, 0.1) is 5.92 Å². The molecule has 1 N–H and O–H groups in total. The summed E-state index contributed by atoms with van der Waals surface area (Å²) in [5.41, 5.74) is 0.515. The van der Waals surface area contributed by atoms with Crippen LogP contribution >= 0.6 is 0 Å². The molecule has 0 saturated carbocycles. The lowest BCUT2D eigenvalue weighted by atomic mass is 9.87. The van der Waals surface area contributed by atoms with E-state index in [0.29, 0.717) is 5.56 Å². The van der Waals surface area contributed by atoms with Crippen molar-refractivity contribution >= 4 is 21.5 Å². The van der Waals surface area contributed by atoms with Crippen LogP contribution in [0.5, 0.6) is 0 Å². The zero-order valence-corrected chi connectivity index (χ0v) is 19.9.